The third-order valence-corrected chi connectivity index (χ3v) is 4.55. The van der Waals surface area contributed by atoms with Crippen LogP contribution in [0.15, 0.2) is 29.3 Å². The molecule has 0 atom stereocenters. The first-order chi connectivity index (χ1) is 12.5. The van der Waals surface area contributed by atoms with Crippen LogP contribution >= 0.6 is 0 Å². The lowest BCUT2D eigenvalue weighted by atomic mass is 10.0. The van der Waals surface area contributed by atoms with E-state index >= 15 is 0 Å². The highest BCUT2D eigenvalue weighted by Crippen LogP contribution is 2.13. The van der Waals surface area contributed by atoms with Crippen LogP contribution in [0.4, 0.5) is 5.69 Å². The lowest BCUT2D eigenvalue weighted by Gasteiger charge is -2.35. The number of piperidine rings is 1. The number of rotatable bonds is 5. The maximum atomic E-state index is 12.1. The smallest absolute Gasteiger partial charge is 0.243 e. The Bertz CT molecular complexity index is 669. The fourth-order valence-corrected chi connectivity index (χ4v) is 3.00. The highest BCUT2D eigenvalue weighted by Gasteiger charge is 2.21. The summed E-state index contributed by atoms with van der Waals surface area (Å²) < 4.78 is 0. The number of hydrogen-bond acceptors (Lipinski definition) is 3. The van der Waals surface area contributed by atoms with Gasteiger partial charge in [-0.15, -0.1) is 6.42 Å². The standard InChI is InChI=1S/C20H29N5O/c1-5-16-7-6-8-18(13-16)23-19(26)14-22-20(21-4)24-17-9-11-25(12-10-17)15(2)3/h1,6-8,13,15,17H,9-12,14H2,2-4H3,(H,23,26)(H2,21,22,24). The third-order valence-electron chi connectivity index (χ3n) is 4.55. The molecule has 0 bridgehead atoms. The van der Waals surface area contributed by atoms with Crippen molar-refractivity contribution in [1.82, 2.24) is 15.5 Å². The number of carbonyl (C=O) groups is 1. The van der Waals surface area contributed by atoms with Crippen LogP contribution in [0, 0.1) is 12.3 Å². The van der Waals surface area contributed by atoms with Crippen molar-refractivity contribution in [2.24, 2.45) is 4.99 Å². The van der Waals surface area contributed by atoms with Crippen molar-refractivity contribution in [3.05, 3.63) is 29.8 Å². The van der Waals surface area contributed by atoms with Crippen LogP contribution in [0.25, 0.3) is 0 Å². The molecule has 1 aromatic carbocycles. The van der Waals surface area contributed by atoms with Crippen molar-refractivity contribution < 1.29 is 4.79 Å². The molecule has 26 heavy (non-hydrogen) atoms. The number of terminal acetylenes is 1. The van der Waals surface area contributed by atoms with E-state index in [1.807, 2.05) is 18.2 Å². The number of hydrogen-bond donors (Lipinski definition) is 3. The molecule has 1 heterocycles. The van der Waals surface area contributed by atoms with Crippen molar-refractivity contribution in [2.45, 2.75) is 38.8 Å². The van der Waals surface area contributed by atoms with E-state index in [1.165, 1.54) is 0 Å². The van der Waals surface area contributed by atoms with Gasteiger partial charge in [-0.25, -0.2) is 0 Å². The van der Waals surface area contributed by atoms with Gasteiger partial charge in [-0.3, -0.25) is 9.79 Å². The second kappa shape index (κ2) is 9.83. The zero-order chi connectivity index (χ0) is 18.9. The minimum absolute atomic E-state index is 0.142. The quantitative estimate of drug-likeness (QED) is 0.427. The van der Waals surface area contributed by atoms with Crippen molar-refractivity contribution >= 4 is 17.6 Å². The molecule has 0 unspecified atom stereocenters. The van der Waals surface area contributed by atoms with Gasteiger partial charge in [-0.2, -0.15) is 0 Å². The van der Waals surface area contributed by atoms with Crippen molar-refractivity contribution in [3.8, 4) is 12.3 Å². The SMILES string of the molecule is C#Cc1cccc(NC(=O)CNC(=NC)NC2CCN(C(C)C)CC2)c1. The number of benzene rings is 1. The van der Waals surface area contributed by atoms with Gasteiger partial charge in [0.25, 0.3) is 0 Å². The Morgan fingerprint density at radius 1 is 1.38 bits per heavy atom. The number of amides is 1. The van der Waals surface area contributed by atoms with Gasteiger partial charge in [0.1, 0.15) is 0 Å². The van der Waals surface area contributed by atoms with Crippen LogP contribution in [0.3, 0.4) is 0 Å². The largest absolute Gasteiger partial charge is 0.354 e. The molecule has 1 aliphatic rings. The number of nitrogens with zero attached hydrogens (tertiary/aromatic N) is 2. The molecule has 1 saturated heterocycles. The molecule has 0 spiro atoms. The van der Waals surface area contributed by atoms with E-state index < -0.39 is 0 Å². The van der Waals surface area contributed by atoms with Crippen LogP contribution in [-0.4, -0.2) is 55.5 Å². The molecule has 6 heteroatoms. The minimum Gasteiger partial charge on any atom is -0.354 e. The minimum atomic E-state index is -0.142. The number of nitrogens with one attached hydrogen (secondary N) is 3. The molecule has 3 N–H and O–H groups in total. The Morgan fingerprint density at radius 2 is 2.12 bits per heavy atom. The molecule has 0 saturated carbocycles. The summed E-state index contributed by atoms with van der Waals surface area (Å²) in [6.07, 6.45) is 7.52. The van der Waals surface area contributed by atoms with Crippen molar-refractivity contribution in [3.63, 3.8) is 0 Å². The number of carbonyl (C=O) groups excluding carboxylic acids is 1. The Hall–Kier alpha value is -2.52. The molecule has 2 rings (SSSR count). The lowest BCUT2D eigenvalue weighted by Crippen LogP contribution is -2.50. The fraction of sp³-hybridized carbons (Fsp3) is 0.500. The first-order valence-corrected chi connectivity index (χ1v) is 9.09. The van der Waals surface area contributed by atoms with Gasteiger partial charge in [0, 0.05) is 43.5 Å². The zero-order valence-electron chi connectivity index (χ0n) is 15.9. The average Bonchev–Trinajstić information content (AvgIpc) is 2.65. The predicted octanol–water partition coefficient (Wildman–Crippen LogP) is 1.64. The normalized spacial score (nSPS) is 16.2. The third kappa shape index (κ3) is 6.08. The summed E-state index contributed by atoms with van der Waals surface area (Å²) in [6, 6.07) is 8.20. The molecule has 140 valence electrons. The number of likely N-dealkylation sites (tertiary alicyclic amines) is 1. The first-order valence-electron chi connectivity index (χ1n) is 9.09. The maximum absolute atomic E-state index is 12.1. The number of guanidine groups is 1. The molecule has 1 fully saturated rings. The van der Waals surface area contributed by atoms with E-state index in [9.17, 15) is 4.79 Å². The van der Waals surface area contributed by atoms with E-state index in [0.29, 0.717) is 23.7 Å². The zero-order valence-corrected chi connectivity index (χ0v) is 15.9. The van der Waals surface area contributed by atoms with Gasteiger partial charge in [0.15, 0.2) is 5.96 Å². The van der Waals surface area contributed by atoms with Gasteiger partial charge in [0.2, 0.25) is 5.91 Å². The monoisotopic (exact) mass is 355 g/mol. The topological polar surface area (TPSA) is 68.8 Å². The van der Waals surface area contributed by atoms with E-state index in [0.717, 1.165) is 31.5 Å². The van der Waals surface area contributed by atoms with E-state index in [2.05, 4.69) is 45.6 Å². The summed E-state index contributed by atoms with van der Waals surface area (Å²) in [5, 5.41) is 9.31. The Kier molecular flexibility index (Phi) is 7.49. The summed E-state index contributed by atoms with van der Waals surface area (Å²) in [5.41, 5.74) is 1.43. The van der Waals surface area contributed by atoms with Gasteiger partial charge >= 0.3 is 0 Å². The molecule has 1 aliphatic heterocycles. The van der Waals surface area contributed by atoms with Crippen LogP contribution < -0.4 is 16.0 Å². The molecular formula is C20H29N5O. The fourth-order valence-electron chi connectivity index (χ4n) is 3.00. The number of aliphatic imine (C=N–C) groups is 1. The second-order valence-electron chi connectivity index (χ2n) is 6.75. The van der Waals surface area contributed by atoms with Crippen LogP contribution in [0.1, 0.15) is 32.3 Å². The van der Waals surface area contributed by atoms with Gasteiger partial charge in [-0.1, -0.05) is 12.0 Å². The summed E-state index contributed by atoms with van der Waals surface area (Å²) in [6.45, 7) is 6.76. The van der Waals surface area contributed by atoms with Crippen molar-refractivity contribution in [1.29, 1.82) is 0 Å². The molecule has 0 radical (unpaired) electrons. The molecule has 1 amide bonds. The summed E-state index contributed by atoms with van der Waals surface area (Å²) >= 11 is 0. The maximum Gasteiger partial charge on any atom is 0.243 e. The van der Waals surface area contributed by atoms with Crippen molar-refractivity contribution in [2.75, 3.05) is 32.0 Å². The van der Waals surface area contributed by atoms with Crippen LogP contribution in [0.5, 0.6) is 0 Å². The Labute approximate surface area is 156 Å². The Balaban J connectivity index is 1.76. The molecular weight excluding hydrogens is 326 g/mol. The summed E-state index contributed by atoms with van der Waals surface area (Å²) in [5.74, 6) is 3.07. The van der Waals surface area contributed by atoms with E-state index in [4.69, 9.17) is 6.42 Å². The molecule has 0 aliphatic carbocycles. The molecule has 1 aromatic rings. The molecule has 6 nitrogen and oxygen atoms in total. The van der Waals surface area contributed by atoms with Gasteiger partial charge in [-0.05, 0) is 44.9 Å². The first kappa shape index (κ1) is 19.8. The van der Waals surface area contributed by atoms with Crippen LogP contribution in [-0.2, 0) is 4.79 Å². The van der Waals surface area contributed by atoms with Crippen LogP contribution in [0.2, 0.25) is 0 Å². The summed E-state index contributed by atoms with van der Waals surface area (Å²) in [4.78, 5) is 18.8. The van der Waals surface area contributed by atoms with E-state index in [1.54, 1.807) is 13.1 Å². The predicted molar refractivity (Wildman–Crippen MR) is 107 cm³/mol. The summed E-state index contributed by atoms with van der Waals surface area (Å²) in [7, 11) is 1.72. The van der Waals surface area contributed by atoms with Gasteiger partial charge in [0.05, 0.1) is 6.54 Å². The lowest BCUT2D eigenvalue weighted by molar-refractivity contribution is -0.115. The molecule has 0 aromatic heterocycles. The Morgan fingerprint density at radius 3 is 2.73 bits per heavy atom. The van der Waals surface area contributed by atoms with Gasteiger partial charge < -0.3 is 20.9 Å². The highest BCUT2D eigenvalue weighted by atomic mass is 16.1. The highest BCUT2D eigenvalue weighted by molar-refractivity contribution is 5.95. The average molecular weight is 355 g/mol. The number of anilines is 1. The second-order valence-corrected chi connectivity index (χ2v) is 6.75. The van der Waals surface area contributed by atoms with E-state index in [-0.39, 0.29) is 12.5 Å².